The predicted molar refractivity (Wildman–Crippen MR) is 108 cm³/mol. The van der Waals surface area contributed by atoms with Gasteiger partial charge in [0.15, 0.2) is 5.43 Å². The Kier molecular flexibility index (Phi) is 4.80. The van der Waals surface area contributed by atoms with Crippen LogP contribution in [0.25, 0.3) is 21.2 Å². The molecular weight excluding hydrogens is 397 g/mol. The van der Waals surface area contributed by atoms with Gasteiger partial charge in [0.1, 0.15) is 0 Å². The highest BCUT2D eigenvalue weighted by Gasteiger charge is 2.30. The van der Waals surface area contributed by atoms with Crippen molar-refractivity contribution in [2.45, 2.75) is 6.18 Å². The molecule has 0 amide bonds. The minimum absolute atomic E-state index is 0.122. The van der Waals surface area contributed by atoms with Crippen molar-refractivity contribution >= 4 is 27.2 Å². The topological polar surface area (TPSA) is 34.1 Å². The molecular formula is C23H13F3O2S. The molecule has 0 aliphatic rings. The number of carbonyl (C=O) groups excluding carboxylic acids is 1. The summed E-state index contributed by atoms with van der Waals surface area (Å²) in [5.41, 5.74) is -0.375. The summed E-state index contributed by atoms with van der Waals surface area (Å²) in [4.78, 5) is 26.6. The van der Waals surface area contributed by atoms with Crippen LogP contribution in [0.4, 0.5) is 13.2 Å². The Morgan fingerprint density at radius 2 is 1.41 bits per heavy atom. The molecule has 29 heavy (non-hydrogen) atoms. The Hall–Kier alpha value is -3.25. The van der Waals surface area contributed by atoms with Crippen LogP contribution < -0.4 is 5.43 Å². The molecule has 0 bridgehead atoms. The second kappa shape index (κ2) is 7.29. The van der Waals surface area contributed by atoms with Crippen molar-refractivity contribution in [2.75, 3.05) is 0 Å². The molecule has 0 aliphatic carbocycles. The fraction of sp³-hybridized carbons (Fsp3) is 0.0435. The van der Waals surface area contributed by atoms with Crippen molar-refractivity contribution in [2.24, 2.45) is 0 Å². The van der Waals surface area contributed by atoms with Gasteiger partial charge in [0.05, 0.1) is 16.0 Å². The fourth-order valence-corrected chi connectivity index (χ4v) is 4.27. The van der Waals surface area contributed by atoms with Crippen LogP contribution in [0.15, 0.2) is 83.7 Å². The SMILES string of the molecule is O=C(c1ccccc1)c1sc2ccccc2c(=O)c1-c1ccc(C(F)(F)F)cc1. The van der Waals surface area contributed by atoms with Gasteiger partial charge in [0.25, 0.3) is 0 Å². The van der Waals surface area contributed by atoms with Gasteiger partial charge >= 0.3 is 6.18 Å². The highest BCUT2D eigenvalue weighted by molar-refractivity contribution is 7.20. The second-order valence-electron chi connectivity index (χ2n) is 6.40. The van der Waals surface area contributed by atoms with Crippen molar-refractivity contribution < 1.29 is 18.0 Å². The predicted octanol–water partition coefficient (Wildman–Crippen LogP) is 6.18. The van der Waals surface area contributed by atoms with Crippen molar-refractivity contribution in [3.8, 4) is 11.1 Å². The van der Waals surface area contributed by atoms with E-state index in [1.807, 2.05) is 0 Å². The zero-order valence-electron chi connectivity index (χ0n) is 14.9. The summed E-state index contributed by atoms with van der Waals surface area (Å²) in [7, 11) is 0. The third kappa shape index (κ3) is 3.59. The molecule has 0 aliphatic heterocycles. The van der Waals surface area contributed by atoms with E-state index in [4.69, 9.17) is 0 Å². The van der Waals surface area contributed by atoms with Crippen molar-refractivity contribution in [3.05, 3.63) is 105 Å². The lowest BCUT2D eigenvalue weighted by molar-refractivity contribution is -0.137. The van der Waals surface area contributed by atoms with E-state index in [9.17, 15) is 22.8 Å². The molecule has 4 rings (SSSR count). The van der Waals surface area contributed by atoms with Crippen LogP contribution in [0.2, 0.25) is 0 Å². The quantitative estimate of drug-likeness (QED) is 0.378. The van der Waals surface area contributed by atoms with Crippen molar-refractivity contribution in [3.63, 3.8) is 0 Å². The van der Waals surface area contributed by atoms with E-state index in [1.54, 1.807) is 54.6 Å². The molecule has 6 heteroatoms. The second-order valence-corrected chi connectivity index (χ2v) is 7.45. The normalized spacial score (nSPS) is 11.6. The summed E-state index contributed by atoms with van der Waals surface area (Å²) in [6.45, 7) is 0. The van der Waals surface area contributed by atoms with Crippen LogP contribution in [0.5, 0.6) is 0 Å². The van der Waals surface area contributed by atoms with E-state index in [-0.39, 0.29) is 27.2 Å². The molecule has 144 valence electrons. The molecule has 0 saturated heterocycles. The highest BCUT2D eigenvalue weighted by atomic mass is 32.1. The smallest absolute Gasteiger partial charge is 0.288 e. The van der Waals surface area contributed by atoms with Gasteiger partial charge in [-0.1, -0.05) is 54.6 Å². The monoisotopic (exact) mass is 410 g/mol. The summed E-state index contributed by atoms with van der Waals surface area (Å²) in [6, 6.07) is 19.7. The molecule has 4 aromatic rings. The molecule has 0 N–H and O–H groups in total. The number of hydrogen-bond acceptors (Lipinski definition) is 3. The lowest BCUT2D eigenvalue weighted by Crippen LogP contribution is -2.12. The lowest BCUT2D eigenvalue weighted by Gasteiger charge is -2.11. The summed E-state index contributed by atoms with van der Waals surface area (Å²) < 4.78 is 39.4. The fourth-order valence-electron chi connectivity index (χ4n) is 3.11. The van der Waals surface area contributed by atoms with E-state index in [1.165, 1.54) is 12.1 Å². The van der Waals surface area contributed by atoms with Crippen LogP contribution in [-0.2, 0) is 6.18 Å². The first-order chi connectivity index (χ1) is 13.9. The maximum atomic E-state index is 13.2. The first-order valence-corrected chi connectivity index (χ1v) is 9.51. The van der Waals surface area contributed by atoms with E-state index < -0.39 is 11.7 Å². The largest absolute Gasteiger partial charge is 0.416 e. The molecule has 1 aromatic heterocycles. The van der Waals surface area contributed by atoms with Gasteiger partial charge in [-0.3, -0.25) is 9.59 Å². The number of fused-ring (bicyclic) bond motifs is 1. The van der Waals surface area contributed by atoms with Crippen molar-refractivity contribution in [1.82, 2.24) is 0 Å². The van der Waals surface area contributed by atoms with Crippen LogP contribution in [0.3, 0.4) is 0 Å². The van der Waals surface area contributed by atoms with Crippen LogP contribution in [-0.4, -0.2) is 5.78 Å². The summed E-state index contributed by atoms with van der Waals surface area (Å²) >= 11 is 1.16. The molecule has 0 spiro atoms. The molecule has 0 atom stereocenters. The number of ketones is 1. The van der Waals surface area contributed by atoms with Crippen molar-refractivity contribution in [1.29, 1.82) is 0 Å². The maximum absolute atomic E-state index is 13.2. The average Bonchev–Trinajstić information content (AvgIpc) is 2.73. The zero-order valence-corrected chi connectivity index (χ0v) is 15.7. The van der Waals surface area contributed by atoms with Gasteiger partial charge < -0.3 is 0 Å². The number of carbonyl (C=O) groups is 1. The van der Waals surface area contributed by atoms with Gasteiger partial charge in [-0.15, -0.1) is 11.3 Å². The molecule has 0 radical (unpaired) electrons. The Bertz CT molecular complexity index is 1260. The highest BCUT2D eigenvalue weighted by Crippen LogP contribution is 2.34. The van der Waals surface area contributed by atoms with Crippen LogP contribution in [0.1, 0.15) is 20.8 Å². The minimum atomic E-state index is -4.48. The van der Waals surface area contributed by atoms with Gasteiger partial charge in [-0.2, -0.15) is 13.2 Å². The number of rotatable bonds is 3. The van der Waals surface area contributed by atoms with Crippen LogP contribution in [0, 0.1) is 0 Å². The van der Waals surface area contributed by atoms with Gasteiger partial charge in [0.2, 0.25) is 5.78 Å². The standard InChI is InChI=1S/C23H13F3O2S/c24-23(25,26)16-12-10-14(11-13-16)19-21(28)17-8-4-5-9-18(17)29-22(19)20(27)15-6-2-1-3-7-15/h1-13H. The van der Waals surface area contributed by atoms with E-state index in [0.717, 1.165) is 23.5 Å². The van der Waals surface area contributed by atoms with Gasteiger partial charge in [0, 0.05) is 15.6 Å². The Morgan fingerprint density at radius 1 is 0.793 bits per heavy atom. The first kappa shape index (κ1) is 19.1. The molecule has 0 fully saturated rings. The summed E-state index contributed by atoms with van der Waals surface area (Å²) in [5, 5.41) is 0.428. The lowest BCUT2D eigenvalue weighted by atomic mass is 9.98. The van der Waals surface area contributed by atoms with Gasteiger partial charge in [-0.05, 0) is 29.8 Å². The van der Waals surface area contributed by atoms with Crippen LogP contribution >= 0.6 is 11.3 Å². The van der Waals surface area contributed by atoms with Gasteiger partial charge in [-0.25, -0.2) is 0 Å². The molecule has 2 nitrogen and oxygen atoms in total. The van der Waals surface area contributed by atoms with E-state index in [2.05, 4.69) is 0 Å². The number of hydrogen-bond donors (Lipinski definition) is 0. The number of halogens is 3. The first-order valence-electron chi connectivity index (χ1n) is 8.69. The maximum Gasteiger partial charge on any atom is 0.416 e. The Morgan fingerprint density at radius 3 is 2.07 bits per heavy atom. The zero-order chi connectivity index (χ0) is 20.6. The molecule has 0 saturated carbocycles. The third-order valence-electron chi connectivity index (χ3n) is 4.54. The molecule has 3 aromatic carbocycles. The van der Waals surface area contributed by atoms with E-state index >= 15 is 0 Å². The molecule has 1 heterocycles. The summed E-state index contributed by atoms with van der Waals surface area (Å²) in [6.07, 6.45) is -4.48. The Labute approximate surface area is 167 Å². The number of benzene rings is 3. The Balaban J connectivity index is 1.98. The van der Waals surface area contributed by atoms with E-state index in [0.29, 0.717) is 15.6 Å². The third-order valence-corrected chi connectivity index (χ3v) is 5.71. The molecule has 0 unspecified atom stereocenters. The minimum Gasteiger partial charge on any atom is -0.288 e. The summed E-state index contributed by atoms with van der Waals surface area (Å²) in [5.74, 6) is -0.339. The average molecular weight is 410 g/mol. The number of alkyl halides is 3.